The zero-order valence-electron chi connectivity index (χ0n) is 8.86. The smallest absolute Gasteiger partial charge is 0.162 e. The number of benzene rings is 1. The second kappa shape index (κ2) is 4.88. The molecule has 2 N–H and O–H groups in total. The number of hydrogen-bond donors (Lipinski definition) is 1. The molecule has 88 valence electrons. The van der Waals surface area contributed by atoms with Crippen molar-refractivity contribution in [3.8, 4) is 11.5 Å². The average Bonchev–Trinajstić information content (AvgIpc) is 2.35. The summed E-state index contributed by atoms with van der Waals surface area (Å²) in [5.41, 5.74) is 6.12. The van der Waals surface area contributed by atoms with Crippen LogP contribution in [0.25, 0.3) is 0 Å². The van der Waals surface area contributed by atoms with E-state index in [0.29, 0.717) is 12.3 Å². The SMILES string of the molecule is NCc1ccc(Oc2ccc(F)c(F)c2)cn1. The van der Waals surface area contributed by atoms with Gasteiger partial charge in [0.15, 0.2) is 11.6 Å². The van der Waals surface area contributed by atoms with Crippen molar-refractivity contribution < 1.29 is 13.5 Å². The van der Waals surface area contributed by atoms with E-state index in [9.17, 15) is 8.78 Å². The van der Waals surface area contributed by atoms with E-state index in [4.69, 9.17) is 10.5 Å². The maximum absolute atomic E-state index is 12.9. The highest BCUT2D eigenvalue weighted by molar-refractivity contribution is 5.30. The molecule has 0 spiro atoms. The Morgan fingerprint density at radius 2 is 1.82 bits per heavy atom. The van der Waals surface area contributed by atoms with E-state index in [1.54, 1.807) is 12.1 Å². The van der Waals surface area contributed by atoms with E-state index in [0.717, 1.165) is 17.8 Å². The third-order valence-corrected chi connectivity index (χ3v) is 2.13. The topological polar surface area (TPSA) is 48.1 Å². The minimum Gasteiger partial charge on any atom is -0.456 e. The normalized spacial score (nSPS) is 10.3. The Morgan fingerprint density at radius 3 is 2.41 bits per heavy atom. The number of halogens is 2. The average molecular weight is 236 g/mol. The molecule has 0 saturated heterocycles. The summed E-state index contributed by atoms with van der Waals surface area (Å²) in [4.78, 5) is 4.02. The fourth-order valence-corrected chi connectivity index (χ4v) is 1.27. The van der Waals surface area contributed by atoms with Crippen LogP contribution in [0.2, 0.25) is 0 Å². The third-order valence-electron chi connectivity index (χ3n) is 2.13. The first-order chi connectivity index (χ1) is 8.19. The molecule has 1 heterocycles. The van der Waals surface area contributed by atoms with Crippen molar-refractivity contribution in [2.24, 2.45) is 5.73 Å². The monoisotopic (exact) mass is 236 g/mol. The van der Waals surface area contributed by atoms with Gasteiger partial charge < -0.3 is 10.5 Å². The molecule has 5 heteroatoms. The van der Waals surface area contributed by atoms with Gasteiger partial charge in [-0.3, -0.25) is 4.98 Å². The summed E-state index contributed by atoms with van der Waals surface area (Å²) in [6.07, 6.45) is 1.48. The van der Waals surface area contributed by atoms with Crippen LogP contribution in [0.4, 0.5) is 8.78 Å². The molecule has 0 amide bonds. The van der Waals surface area contributed by atoms with Crippen LogP contribution in [0.5, 0.6) is 11.5 Å². The first-order valence-corrected chi connectivity index (χ1v) is 4.97. The molecular formula is C12H10F2N2O. The molecule has 2 aromatic rings. The highest BCUT2D eigenvalue weighted by Crippen LogP contribution is 2.22. The van der Waals surface area contributed by atoms with E-state index < -0.39 is 11.6 Å². The van der Waals surface area contributed by atoms with Gasteiger partial charge in [0.05, 0.1) is 11.9 Å². The van der Waals surface area contributed by atoms with Gasteiger partial charge in [-0.05, 0) is 24.3 Å². The lowest BCUT2D eigenvalue weighted by molar-refractivity contribution is 0.459. The molecule has 0 bridgehead atoms. The van der Waals surface area contributed by atoms with Crippen LogP contribution in [0.15, 0.2) is 36.5 Å². The molecule has 0 aliphatic rings. The molecule has 0 saturated carbocycles. The largest absolute Gasteiger partial charge is 0.456 e. The van der Waals surface area contributed by atoms with Crippen LogP contribution in [-0.2, 0) is 6.54 Å². The number of nitrogens with zero attached hydrogens (tertiary/aromatic N) is 1. The van der Waals surface area contributed by atoms with Crippen LogP contribution in [0.3, 0.4) is 0 Å². The van der Waals surface area contributed by atoms with Crippen LogP contribution in [0.1, 0.15) is 5.69 Å². The minimum atomic E-state index is -0.950. The van der Waals surface area contributed by atoms with Gasteiger partial charge >= 0.3 is 0 Å². The second-order valence-corrected chi connectivity index (χ2v) is 3.37. The Labute approximate surface area is 96.9 Å². The maximum Gasteiger partial charge on any atom is 0.162 e. The Bertz CT molecular complexity index is 514. The van der Waals surface area contributed by atoms with Crippen molar-refractivity contribution in [2.75, 3.05) is 0 Å². The highest BCUT2D eigenvalue weighted by Gasteiger charge is 2.04. The van der Waals surface area contributed by atoms with Crippen molar-refractivity contribution in [1.82, 2.24) is 4.98 Å². The summed E-state index contributed by atoms with van der Waals surface area (Å²) in [5, 5.41) is 0. The van der Waals surface area contributed by atoms with Gasteiger partial charge in [-0.15, -0.1) is 0 Å². The van der Waals surface area contributed by atoms with Gasteiger partial charge in [-0.25, -0.2) is 8.78 Å². The summed E-state index contributed by atoms with van der Waals surface area (Å²) < 4.78 is 30.9. The van der Waals surface area contributed by atoms with Crippen LogP contribution < -0.4 is 10.5 Å². The van der Waals surface area contributed by atoms with E-state index >= 15 is 0 Å². The molecular weight excluding hydrogens is 226 g/mol. The van der Waals surface area contributed by atoms with Gasteiger partial charge in [0.2, 0.25) is 0 Å². The number of nitrogens with two attached hydrogens (primary N) is 1. The lowest BCUT2D eigenvalue weighted by atomic mass is 10.3. The molecule has 0 fully saturated rings. The van der Waals surface area contributed by atoms with Gasteiger partial charge in [0, 0.05) is 12.6 Å². The first-order valence-electron chi connectivity index (χ1n) is 4.97. The van der Waals surface area contributed by atoms with Crippen molar-refractivity contribution in [3.63, 3.8) is 0 Å². The third kappa shape index (κ3) is 2.76. The molecule has 0 aliphatic carbocycles. The zero-order valence-corrected chi connectivity index (χ0v) is 8.86. The predicted octanol–water partition coefficient (Wildman–Crippen LogP) is 2.61. The van der Waals surface area contributed by atoms with E-state index in [-0.39, 0.29) is 5.75 Å². The fourth-order valence-electron chi connectivity index (χ4n) is 1.27. The quantitative estimate of drug-likeness (QED) is 0.891. The van der Waals surface area contributed by atoms with Crippen LogP contribution in [0, 0.1) is 11.6 Å². The highest BCUT2D eigenvalue weighted by atomic mass is 19.2. The van der Waals surface area contributed by atoms with Crippen LogP contribution in [-0.4, -0.2) is 4.98 Å². The number of aromatic nitrogens is 1. The summed E-state index contributed by atoms with van der Waals surface area (Å²) in [7, 11) is 0. The Morgan fingerprint density at radius 1 is 1.06 bits per heavy atom. The van der Waals surface area contributed by atoms with Crippen molar-refractivity contribution in [1.29, 1.82) is 0 Å². The molecule has 0 aliphatic heterocycles. The van der Waals surface area contributed by atoms with E-state index in [1.807, 2.05) is 0 Å². The molecule has 0 unspecified atom stereocenters. The standard InChI is InChI=1S/C12H10F2N2O/c13-11-4-3-9(5-12(11)14)17-10-2-1-8(6-15)16-7-10/h1-5,7H,6,15H2. The van der Waals surface area contributed by atoms with Crippen molar-refractivity contribution >= 4 is 0 Å². The summed E-state index contributed by atoms with van der Waals surface area (Å²) >= 11 is 0. The Balaban J connectivity index is 2.16. The van der Waals surface area contributed by atoms with Gasteiger partial charge in [-0.2, -0.15) is 0 Å². The molecule has 1 aromatic heterocycles. The molecule has 0 radical (unpaired) electrons. The first kappa shape index (κ1) is 11.5. The number of hydrogen-bond acceptors (Lipinski definition) is 3. The van der Waals surface area contributed by atoms with Gasteiger partial charge in [-0.1, -0.05) is 0 Å². The maximum atomic E-state index is 12.9. The van der Waals surface area contributed by atoms with Gasteiger partial charge in [0.1, 0.15) is 11.5 Å². The minimum absolute atomic E-state index is 0.214. The second-order valence-electron chi connectivity index (χ2n) is 3.37. The van der Waals surface area contributed by atoms with E-state index in [1.165, 1.54) is 12.3 Å². The molecule has 1 aromatic carbocycles. The molecule has 2 rings (SSSR count). The fraction of sp³-hybridized carbons (Fsp3) is 0.0833. The number of pyridine rings is 1. The summed E-state index contributed by atoms with van der Waals surface area (Å²) in [5.74, 6) is -1.21. The summed E-state index contributed by atoms with van der Waals surface area (Å²) in [6, 6.07) is 6.69. The number of rotatable bonds is 3. The molecule has 17 heavy (non-hydrogen) atoms. The summed E-state index contributed by atoms with van der Waals surface area (Å²) in [6.45, 7) is 0.339. The molecule has 0 atom stereocenters. The Hall–Kier alpha value is -2.01. The van der Waals surface area contributed by atoms with Crippen molar-refractivity contribution in [2.45, 2.75) is 6.54 Å². The van der Waals surface area contributed by atoms with Crippen LogP contribution >= 0.6 is 0 Å². The predicted molar refractivity (Wildman–Crippen MR) is 58.6 cm³/mol. The zero-order chi connectivity index (χ0) is 12.3. The van der Waals surface area contributed by atoms with Crippen molar-refractivity contribution in [3.05, 3.63) is 53.9 Å². The lowest BCUT2D eigenvalue weighted by Gasteiger charge is -2.05. The number of ether oxygens (including phenoxy) is 1. The lowest BCUT2D eigenvalue weighted by Crippen LogP contribution is -1.98. The molecule has 3 nitrogen and oxygen atoms in total. The Kier molecular flexibility index (Phi) is 3.30. The van der Waals surface area contributed by atoms with Gasteiger partial charge in [0.25, 0.3) is 0 Å². The van der Waals surface area contributed by atoms with E-state index in [2.05, 4.69) is 4.98 Å².